The molecule has 0 amide bonds. The minimum atomic E-state index is 0.953. The Kier molecular flexibility index (Phi) is 4.18. The van der Waals surface area contributed by atoms with Crippen molar-refractivity contribution in [1.82, 2.24) is 0 Å². The largest absolute Gasteiger partial charge is 0.0955 e. The van der Waals surface area contributed by atoms with E-state index < -0.39 is 0 Å². The summed E-state index contributed by atoms with van der Waals surface area (Å²) < 4.78 is 0. The molecule has 0 aliphatic rings. The number of rotatable bonds is 4. The summed E-state index contributed by atoms with van der Waals surface area (Å²) in [4.78, 5) is 0. The lowest BCUT2D eigenvalue weighted by molar-refractivity contribution is 1.12. The van der Waals surface area contributed by atoms with Crippen molar-refractivity contribution < 1.29 is 0 Å². The third kappa shape index (κ3) is 3.21. The van der Waals surface area contributed by atoms with Crippen molar-refractivity contribution in [3.63, 3.8) is 0 Å². The third-order valence-corrected chi connectivity index (χ3v) is 2.26. The van der Waals surface area contributed by atoms with E-state index >= 15 is 0 Å². The van der Waals surface area contributed by atoms with Crippen molar-refractivity contribution in [2.75, 3.05) is 0 Å². The van der Waals surface area contributed by atoms with E-state index in [1.807, 2.05) is 13.0 Å². The van der Waals surface area contributed by atoms with Gasteiger partial charge in [-0.2, -0.15) is 0 Å². The lowest BCUT2D eigenvalue weighted by Gasteiger charge is -2.02. The van der Waals surface area contributed by atoms with Gasteiger partial charge in [-0.1, -0.05) is 55.5 Å². The molecule has 0 N–H and O–H groups in total. The molecule has 0 saturated heterocycles. The molecule has 0 aromatic heterocycles. The molecule has 0 aliphatic carbocycles. The summed E-state index contributed by atoms with van der Waals surface area (Å²) in [5.41, 5.74) is 3.90. The second-order valence-corrected chi connectivity index (χ2v) is 3.51. The van der Waals surface area contributed by atoms with Gasteiger partial charge in [-0.3, -0.25) is 0 Å². The standard InChI is InChI=1S/C14H18/c1-4-6-12(3)11-14-9-7-13(5-2)8-10-14/h4,6-10H,3,5,11H2,1-2H3/b6-4+. The summed E-state index contributed by atoms with van der Waals surface area (Å²) in [6.45, 7) is 8.19. The summed E-state index contributed by atoms with van der Waals surface area (Å²) in [6.07, 6.45) is 6.15. The molecule has 0 atom stereocenters. The van der Waals surface area contributed by atoms with Crippen LogP contribution in [-0.4, -0.2) is 0 Å². The topological polar surface area (TPSA) is 0 Å². The van der Waals surface area contributed by atoms with E-state index in [0.717, 1.165) is 18.4 Å². The highest BCUT2D eigenvalue weighted by Gasteiger charge is 1.94. The maximum absolute atomic E-state index is 4.00. The molecule has 0 radical (unpaired) electrons. The van der Waals surface area contributed by atoms with Gasteiger partial charge in [0.25, 0.3) is 0 Å². The van der Waals surface area contributed by atoms with E-state index in [-0.39, 0.29) is 0 Å². The fourth-order valence-electron chi connectivity index (χ4n) is 1.45. The van der Waals surface area contributed by atoms with Gasteiger partial charge in [0.15, 0.2) is 0 Å². The molecule has 0 nitrogen and oxygen atoms in total. The fraction of sp³-hybridized carbons (Fsp3) is 0.286. The Labute approximate surface area is 87.0 Å². The Morgan fingerprint density at radius 2 is 1.79 bits per heavy atom. The monoisotopic (exact) mass is 186 g/mol. The van der Waals surface area contributed by atoms with E-state index in [2.05, 4.69) is 43.8 Å². The van der Waals surface area contributed by atoms with E-state index in [1.165, 1.54) is 11.1 Å². The molecule has 0 heteroatoms. The molecule has 74 valence electrons. The zero-order valence-corrected chi connectivity index (χ0v) is 9.09. The van der Waals surface area contributed by atoms with Crippen LogP contribution in [0.4, 0.5) is 0 Å². The smallest absolute Gasteiger partial charge is 0.00318 e. The Morgan fingerprint density at radius 1 is 1.21 bits per heavy atom. The summed E-state index contributed by atoms with van der Waals surface area (Å²) in [5, 5.41) is 0. The van der Waals surface area contributed by atoms with Crippen molar-refractivity contribution in [3.05, 3.63) is 59.7 Å². The number of aryl methyl sites for hydroxylation is 1. The molecule has 0 fully saturated rings. The predicted molar refractivity (Wildman–Crippen MR) is 63.5 cm³/mol. The Balaban J connectivity index is 2.64. The summed E-state index contributed by atoms with van der Waals surface area (Å²) in [6, 6.07) is 8.76. The highest BCUT2D eigenvalue weighted by Crippen LogP contribution is 2.10. The van der Waals surface area contributed by atoms with Gasteiger partial charge in [0.1, 0.15) is 0 Å². The molecule has 1 aromatic carbocycles. The first kappa shape index (κ1) is 10.8. The number of benzene rings is 1. The Hall–Kier alpha value is -1.30. The molecule has 0 aliphatic heterocycles. The molecular formula is C14H18. The van der Waals surface area contributed by atoms with Crippen LogP contribution in [0.5, 0.6) is 0 Å². The fourth-order valence-corrected chi connectivity index (χ4v) is 1.45. The van der Waals surface area contributed by atoms with Crippen molar-refractivity contribution in [2.45, 2.75) is 26.7 Å². The molecule has 14 heavy (non-hydrogen) atoms. The zero-order valence-electron chi connectivity index (χ0n) is 9.09. The van der Waals surface area contributed by atoms with Crippen molar-refractivity contribution >= 4 is 0 Å². The first-order valence-corrected chi connectivity index (χ1v) is 5.14. The maximum atomic E-state index is 4.00. The molecule has 0 heterocycles. The van der Waals surface area contributed by atoms with Gasteiger partial charge in [0, 0.05) is 0 Å². The Morgan fingerprint density at radius 3 is 2.29 bits per heavy atom. The Bertz CT molecular complexity index is 314. The van der Waals surface area contributed by atoms with E-state index in [0.29, 0.717) is 0 Å². The lowest BCUT2D eigenvalue weighted by atomic mass is 10.0. The summed E-state index contributed by atoms with van der Waals surface area (Å²) in [5.74, 6) is 0. The first-order valence-electron chi connectivity index (χ1n) is 5.14. The van der Waals surface area contributed by atoms with Gasteiger partial charge in [-0.25, -0.2) is 0 Å². The zero-order chi connectivity index (χ0) is 10.4. The van der Waals surface area contributed by atoms with Crippen molar-refractivity contribution in [3.8, 4) is 0 Å². The van der Waals surface area contributed by atoms with Crippen LogP contribution in [0.25, 0.3) is 0 Å². The number of allylic oxidation sites excluding steroid dienone is 3. The first-order chi connectivity index (χ1) is 6.76. The van der Waals surface area contributed by atoms with Crippen LogP contribution in [-0.2, 0) is 12.8 Å². The molecule has 0 spiro atoms. The van der Waals surface area contributed by atoms with E-state index in [4.69, 9.17) is 0 Å². The van der Waals surface area contributed by atoms with Crippen LogP contribution in [0, 0.1) is 0 Å². The van der Waals surface area contributed by atoms with Gasteiger partial charge in [0.05, 0.1) is 0 Å². The van der Waals surface area contributed by atoms with E-state index in [9.17, 15) is 0 Å². The van der Waals surface area contributed by atoms with Crippen molar-refractivity contribution in [1.29, 1.82) is 0 Å². The highest BCUT2D eigenvalue weighted by molar-refractivity contribution is 5.28. The van der Waals surface area contributed by atoms with Gasteiger partial charge in [-0.15, -0.1) is 0 Å². The summed E-state index contributed by atoms with van der Waals surface area (Å²) in [7, 11) is 0. The molecule has 0 bridgehead atoms. The second kappa shape index (κ2) is 5.43. The minimum absolute atomic E-state index is 0.953. The number of hydrogen-bond donors (Lipinski definition) is 0. The number of hydrogen-bond acceptors (Lipinski definition) is 0. The second-order valence-electron chi connectivity index (χ2n) is 3.51. The highest BCUT2D eigenvalue weighted by atomic mass is 14.0. The molecule has 1 rings (SSSR count). The molecule has 0 saturated carbocycles. The van der Waals surface area contributed by atoms with Crippen LogP contribution >= 0.6 is 0 Å². The van der Waals surface area contributed by atoms with Crippen LogP contribution in [0.3, 0.4) is 0 Å². The quantitative estimate of drug-likeness (QED) is 0.625. The predicted octanol–water partition coefficient (Wildman–Crippen LogP) is 3.92. The lowest BCUT2D eigenvalue weighted by Crippen LogP contribution is -1.87. The SMILES string of the molecule is C=C(/C=C/C)Cc1ccc(CC)cc1. The summed E-state index contributed by atoms with van der Waals surface area (Å²) >= 11 is 0. The van der Waals surface area contributed by atoms with E-state index in [1.54, 1.807) is 0 Å². The van der Waals surface area contributed by atoms with Crippen LogP contribution in [0.2, 0.25) is 0 Å². The van der Waals surface area contributed by atoms with Crippen molar-refractivity contribution in [2.24, 2.45) is 0 Å². The van der Waals surface area contributed by atoms with Gasteiger partial charge in [0.2, 0.25) is 0 Å². The molecule has 0 unspecified atom stereocenters. The maximum Gasteiger partial charge on any atom is -0.00318 e. The average molecular weight is 186 g/mol. The van der Waals surface area contributed by atoms with Crippen LogP contribution in [0.1, 0.15) is 25.0 Å². The minimum Gasteiger partial charge on any atom is -0.0955 e. The van der Waals surface area contributed by atoms with Gasteiger partial charge >= 0.3 is 0 Å². The molecular weight excluding hydrogens is 168 g/mol. The van der Waals surface area contributed by atoms with Gasteiger partial charge in [-0.05, 0) is 30.9 Å². The van der Waals surface area contributed by atoms with Crippen LogP contribution < -0.4 is 0 Å². The molecule has 1 aromatic rings. The third-order valence-electron chi connectivity index (χ3n) is 2.26. The normalized spacial score (nSPS) is 10.7. The van der Waals surface area contributed by atoms with Crippen LogP contribution in [0.15, 0.2) is 48.6 Å². The average Bonchev–Trinajstić information content (AvgIpc) is 2.19. The van der Waals surface area contributed by atoms with Gasteiger partial charge < -0.3 is 0 Å².